The second kappa shape index (κ2) is 8.38. The highest BCUT2D eigenvalue weighted by molar-refractivity contribution is 7.10. The number of thiophene rings is 1. The summed E-state index contributed by atoms with van der Waals surface area (Å²) in [4.78, 5) is 27.5. The molecule has 30 heavy (non-hydrogen) atoms. The molecule has 0 saturated carbocycles. The molecule has 154 valence electrons. The van der Waals surface area contributed by atoms with Crippen LogP contribution in [0.25, 0.3) is 0 Å². The second-order valence-electron chi connectivity index (χ2n) is 7.54. The minimum Gasteiger partial charge on any atom is -0.319 e. The van der Waals surface area contributed by atoms with Crippen molar-refractivity contribution in [1.29, 1.82) is 0 Å². The summed E-state index contributed by atoms with van der Waals surface area (Å²) in [5.74, 6) is -0.244. The van der Waals surface area contributed by atoms with Crippen LogP contribution in [0.3, 0.4) is 0 Å². The number of nitro benzene ring substituents is 1. The monoisotopic (exact) mass is 421 g/mol. The van der Waals surface area contributed by atoms with Crippen molar-refractivity contribution in [2.24, 2.45) is 0 Å². The average Bonchev–Trinajstić information content (AvgIpc) is 3.20. The summed E-state index contributed by atoms with van der Waals surface area (Å²) in [6.45, 7) is 4.60. The fourth-order valence-electron chi connectivity index (χ4n) is 4.04. The molecule has 1 amide bonds. The van der Waals surface area contributed by atoms with E-state index in [0.29, 0.717) is 0 Å². The predicted octanol–water partition coefficient (Wildman–Crippen LogP) is 4.86. The summed E-state index contributed by atoms with van der Waals surface area (Å²) in [6, 6.07) is 15.5. The first-order valence-corrected chi connectivity index (χ1v) is 10.7. The van der Waals surface area contributed by atoms with Gasteiger partial charge in [-0.25, -0.2) is 0 Å². The molecule has 2 heterocycles. The maximum Gasteiger partial charge on any atom is 0.293 e. The van der Waals surface area contributed by atoms with Gasteiger partial charge >= 0.3 is 0 Å². The highest BCUT2D eigenvalue weighted by atomic mass is 32.1. The van der Waals surface area contributed by atoms with Crippen molar-refractivity contribution < 1.29 is 9.72 Å². The molecule has 0 saturated heterocycles. The Kier molecular flexibility index (Phi) is 5.65. The molecule has 6 nitrogen and oxygen atoms in total. The third-order valence-electron chi connectivity index (χ3n) is 5.70. The molecule has 2 aromatic carbocycles. The molecule has 1 aromatic heterocycles. The molecule has 1 aliphatic rings. The van der Waals surface area contributed by atoms with Crippen LogP contribution in [-0.4, -0.2) is 28.8 Å². The second-order valence-corrected chi connectivity index (χ2v) is 8.54. The number of carbonyl (C=O) groups excluding carboxylic acids is 1. The van der Waals surface area contributed by atoms with Crippen molar-refractivity contribution in [3.8, 4) is 0 Å². The van der Waals surface area contributed by atoms with Gasteiger partial charge in [-0.15, -0.1) is 11.3 Å². The van der Waals surface area contributed by atoms with Crippen LogP contribution in [0.2, 0.25) is 0 Å². The largest absolute Gasteiger partial charge is 0.319 e. The van der Waals surface area contributed by atoms with E-state index in [4.69, 9.17) is 0 Å². The van der Waals surface area contributed by atoms with Crippen LogP contribution >= 0.6 is 11.3 Å². The Morgan fingerprint density at radius 3 is 2.70 bits per heavy atom. The molecule has 0 fully saturated rings. The van der Waals surface area contributed by atoms with Crippen LogP contribution in [0.5, 0.6) is 0 Å². The van der Waals surface area contributed by atoms with Crippen molar-refractivity contribution in [3.63, 3.8) is 0 Å². The van der Waals surface area contributed by atoms with E-state index >= 15 is 0 Å². The molecular weight excluding hydrogens is 398 g/mol. The molecule has 1 unspecified atom stereocenters. The Bertz CT molecular complexity index is 1090. The van der Waals surface area contributed by atoms with E-state index in [2.05, 4.69) is 33.8 Å². The zero-order valence-corrected chi connectivity index (χ0v) is 17.7. The highest BCUT2D eigenvalue weighted by Gasteiger charge is 2.31. The number of amides is 1. The summed E-state index contributed by atoms with van der Waals surface area (Å²) < 4.78 is 0. The highest BCUT2D eigenvalue weighted by Crippen LogP contribution is 2.37. The molecule has 3 aromatic rings. The molecule has 1 atom stereocenters. The fourth-order valence-corrected chi connectivity index (χ4v) is 4.94. The van der Waals surface area contributed by atoms with Crippen molar-refractivity contribution in [2.75, 3.05) is 18.4 Å². The van der Waals surface area contributed by atoms with Gasteiger partial charge < -0.3 is 5.32 Å². The molecule has 0 bridgehead atoms. The number of benzene rings is 2. The number of nitrogens with one attached hydrogen (secondary N) is 1. The van der Waals surface area contributed by atoms with Crippen molar-refractivity contribution in [1.82, 2.24) is 4.90 Å². The zero-order chi connectivity index (χ0) is 21.3. The normalized spacial score (nSPS) is 16.1. The maximum absolute atomic E-state index is 13.0. The quantitative estimate of drug-likeness (QED) is 0.472. The van der Waals surface area contributed by atoms with Crippen molar-refractivity contribution >= 4 is 28.6 Å². The van der Waals surface area contributed by atoms with Gasteiger partial charge in [0.2, 0.25) is 5.91 Å². The standard InChI is InChI=1S/C23H23N3O3S/c1-15-8-9-19(26(28)29)22(16(15)2)24-21(27)14-25-12-10-20-18(11-13-30-20)23(25)17-6-4-3-5-7-17/h3-9,11,13,23H,10,12,14H2,1-2H3,(H,24,27). The van der Waals surface area contributed by atoms with E-state index < -0.39 is 4.92 Å². The van der Waals surface area contributed by atoms with Crippen LogP contribution in [-0.2, 0) is 11.2 Å². The Labute approximate surface area is 179 Å². The smallest absolute Gasteiger partial charge is 0.293 e. The third-order valence-corrected chi connectivity index (χ3v) is 6.70. The molecule has 4 rings (SSSR count). The van der Waals surface area contributed by atoms with E-state index in [9.17, 15) is 14.9 Å². The van der Waals surface area contributed by atoms with Gasteiger partial charge in [0.1, 0.15) is 5.69 Å². The molecule has 0 aliphatic carbocycles. The van der Waals surface area contributed by atoms with Gasteiger partial charge in [0.25, 0.3) is 5.69 Å². The minimum absolute atomic E-state index is 0.000502. The summed E-state index contributed by atoms with van der Waals surface area (Å²) >= 11 is 1.75. The summed E-state index contributed by atoms with van der Waals surface area (Å²) in [6.07, 6.45) is 0.896. The maximum atomic E-state index is 13.0. The average molecular weight is 422 g/mol. The Morgan fingerprint density at radius 2 is 1.97 bits per heavy atom. The lowest BCUT2D eigenvalue weighted by Gasteiger charge is -2.35. The number of nitrogens with zero attached hydrogens (tertiary/aromatic N) is 2. The predicted molar refractivity (Wildman–Crippen MR) is 119 cm³/mol. The molecule has 0 radical (unpaired) electrons. The number of aryl methyl sites for hydroxylation is 1. The zero-order valence-electron chi connectivity index (χ0n) is 16.9. The topological polar surface area (TPSA) is 75.5 Å². The van der Waals surface area contributed by atoms with Gasteiger partial charge in [0.15, 0.2) is 0 Å². The number of nitro groups is 1. The van der Waals surface area contributed by atoms with Crippen LogP contribution < -0.4 is 5.32 Å². The van der Waals surface area contributed by atoms with Crippen molar-refractivity contribution in [3.05, 3.63) is 91.2 Å². The number of carbonyl (C=O) groups is 1. The first-order chi connectivity index (χ1) is 14.5. The van der Waals surface area contributed by atoms with Gasteiger partial charge in [-0.2, -0.15) is 0 Å². The van der Waals surface area contributed by atoms with Crippen LogP contribution in [0.4, 0.5) is 11.4 Å². The third kappa shape index (κ3) is 3.86. The van der Waals surface area contributed by atoms with Crippen molar-refractivity contribution in [2.45, 2.75) is 26.3 Å². The summed E-state index contributed by atoms with van der Waals surface area (Å²) in [5.41, 5.74) is 4.21. The van der Waals surface area contributed by atoms with Gasteiger partial charge in [-0.05, 0) is 54.0 Å². The van der Waals surface area contributed by atoms with Crippen LogP contribution in [0, 0.1) is 24.0 Å². The Balaban J connectivity index is 1.61. The molecule has 1 N–H and O–H groups in total. The van der Waals surface area contributed by atoms with E-state index in [1.165, 1.54) is 16.5 Å². The van der Waals surface area contributed by atoms with Gasteiger partial charge in [-0.3, -0.25) is 19.8 Å². The van der Waals surface area contributed by atoms with E-state index in [1.807, 2.05) is 25.1 Å². The fraction of sp³-hybridized carbons (Fsp3) is 0.261. The lowest BCUT2D eigenvalue weighted by atomic mass is 9.93. The Morgan fingerprint density at radius 1 is 1.20 bits per heavy atom. The molecule has 1 aliphatic heterocycles. The number of rotatable bonds is 5. The van der Waals surface area contributed by atoms with E-state index in [1.54, 1.807) is 24.3 Å². The van der Waals surface area contributed by atoms with Crippen LogP contribution in [0.15, 0.2) is 53.9 Å². The summed E-state index contributed by atoms with van der Waals surface area (Å²) in [7, 11) is 0. The minimum atomic E-state index is -0.451. The van der Waals surface area contributed by atoms with Gasteiger partial charge in [0.05, 0.1) is 17.5 Å². The molecular formula is C23H23N3O3S. The lowest BCUT2D eigenvalue weighted by Crippen LogP contribution is -2.40. The molecule has 0 spiro atoms. The number of fused-ring (bicyclic) bond motifs is 1. The van der Waals surface area contributed by atoms with Crippen LogP contribution in [0.1, 0.15) is 33.2 Å². The molecule has 7 heteroatoms. The van der Waals surface area contributed by atoms with E-state index in [-0.39, 0.29) is 29.9 Å². The first-order valence-electron chi connectivity index (χ1n) is 9.85. The number of hydrogen-bond donors (Lipinski definition) is 1. The number of hydrogen-bond acceptors (Lipinski definition) is 5. The van der Waals surface area contributed by atoms with E-state index in [0.717, 1.165) is 29.7 Å². The Hall–Kier alpha value is -3.03. The van der Waals surface area contributed by atoms with Gasteiger partial charge in [0, 0.05) is 17.5 Å². The van der Waals surface area contributed by atoms with Gasteiger partial charge in [-0.1, -0.05) is 36.4 Å². The summed E-state index contributed by atoms with van der Waals surface area (Å²) in [5, 5.41) is 16.4. The number of anilines is 1. The lowest BCUT2D eigenvalue weighted by molar-refractivity contribution is -0.384. The first kappa shape index (κ1) is 20.3. The SMILES string of the molecule is Cc1ccc([N+](=O)[O-])c(NC(=O)CN2CCc3sccc3C2c2ccccc2)c1C.